The lowest BCUT2D eigenvalue weighted by Gasteiger charge is -2.28. The SMILES string of the molecule is CC(C)[C@H]1C[C@H](O)CCS1. The van der Waals surface area contributed by atoms with E-state index in [4.69, 9.17) is 0 Å². The van der Waals surface area contributed by atoms with Crippen LogP contribution in [0.15, 0.2) is 0 Å². The average molecular weight is 160 g/mol. The molecule has 1 nitrogen and oxygen atoms in total. The predicted octanol–water partition coefficient (Wildman–Crippen LogP) is 1.90. The molecule has 10 heavy (non-hydrogen) atoms. The first-order valence-electron chi connectivity index (χ1n) is 4.00. The molecular weight excluding hydrogens is 144 g/mol. The maximum Gasteiger partial charge on any atom is 0.0558 e. The highest BCUT2D eigenvalue weighted by Gasteiger charge is 2.22. The minimum Gasteiger partial charge on any atom is -0.393 e. The number of hydrogen-bond acceptors (Lipinski definition) is 2. The van der Waals surface area contributed by atoms with E-state index in [2.05, 4.69) is 13.8 Å². The van der Waals surface area contributed by atoms with Crippen molar-refractivity contribution in [1.29, 1.82) is 0 Å². The summed E-state index contributed by atoms with van der Waals surface area (Å²) in [5.74, 6) is 1.87. The average Bonchev–Trinajstić information content (AvgIpc) is 1.88. The Kier molecular flexibility index (Phi) is 3.05. The Labute approximate surface area is 67.2 Å². The second kappa shape index (κ2) is 3.63. The quantitative estimate of drug-likeness (QED) is 0.632. The molecule has 0 aliphatic carbocycles. The van der Waals surface area contributed by atoms with E-state index < -0.39 is 0 Å². The van der Waals surface area contributed by atoms with Gasteiger partial charge in [-0.25, -0.2) is 0 Å². The predicted molar refractivity (Wildman–Crippen MR) is 46.3 cm³/mol. The third kappa shape index (κ3) is 2.17. The molecular formula is C8H16OS. The summed E-state index contributed by atoms with van der Waals surface area (Å²) in [6, 6.07) is 0. The van der Waals surface area contributed by atoms with Crippen LogP contribution in [0.2, 0.25) is 0 Å². The van der Waals surface area contributed by atoms with Crippen LogP contribution in [0.3, 0.4) is 0 Å². The fraction of sp³-hybridized carbons (Fsp3) is 1.00. The molecule has 1 aliphatic rings. The van der Waals surface area contributed by atoms with Gasteiger partial charge in [0.15, 0.2) is 0 Å². The molecule has 0 radical (unpaired) electrons. The first-order chi connectivity index (χ1) is 4.70. The van der Waals surface area contributed by atoms with Crippen molar-refractivity contribution in [3.05, 3.63) is 0 Å². The van der Waals surface area contributed by atoms with Crippen molar-refractivity contribution in [2.75, 3.05) is 5.75 Å². The van der Waals surface area contributed by atoms with E-state index in [9.17, 15) is 5.11 Å². The molecule has 0 saturated carbocycles. The van der Waals surface area contributed by atoms with Crippen LogP contribution in [0, 0.1) is 5.92 Å². The molecule has 1 saturated heterocycles. The van der Waals surface area contributed by atoms with Crippen molar-refractivity contribution in [3.63, 3.8) is 0 Å². The van der Waals surface area contributed by atoms with E-state index >= 15 is 0 Å². The van der Waals surface area contributed by atoms with Crippen LogP contribution < -0.4 is 0 Å². The molecule has 0 aromatic carbocycles. The van der Waals surface area contributed by atoms with Crippen molar-refractivity contribution < 1.29 is 5.11 Å². The van der Waals surface area contributed by atoms with E-state index in [0.717, 1.165) is 24.5 Å². The molecule has 1 rings (SSSR count). The van der Waals surface area contributed by atoms with Crippen molar-refractivity contribution in [3.8, 4) is 0 Å². The van der Waals surface area contributed by atoms with E-state index in [0.29, 0.717) is 5.25 Å². The molecule has 0 bridgehead atoms. The monoisotopic (exact) mass is 160 g/mol. The van der Waals surface area contributed by atoms with E-state index in [1.54, 1.807) is 0 Å². The summed E-state index contributed by atoms with van der Waals surface area (Å²) in [7, 11) is 0. The third-order valence-electron chi connectivity index (χ3n) is 2.03. The Morgan fingerprint density at radius 1 is 1.50 bits per heavy atom. The largest absolute Gasteiger partial charge is 0.393 e. The number of hydrogen-bond donors (Lipinski definition) is 1. The number of aliphatic hydroxyl groups excluding tert-OH is 1. The zero-order valence-electron chi connectivity index (χ0n) is 6.71. The van der Waals surface area contributed by atoms with Crippen LogP contribution in [-0.2, 0) is 0 Å². The first-order valence-corrected chi connectivity index (χ1v) is 5.04. The smallest absolute Gasteiger partial charge is 0.0558 e. The highest BCUT2D eigenvalue weighted by atomic mass is 32.2. The summed E-state index contributed by atoms with van der Waals surface area (Å²) in [5.41, 5.74) is 0. The zero-order chi connectivity index (χ0) is 7.56. The number of aliphatic hydroxyl groups is 1. The van der Waals surface area contributed by atoms with Crippen LogP contribution in [0.5, 0.6) is 0 Å². The minimum absolute atomic E-state index is 0.0198. The molecule has 1 N–H and O–H groups in total. The second-order valence-electron chi connectivity index (χ2n) is 3.33. The molecule has 1 heterocycles. The van der Waals surface area contributed by atoms with Gasteiger partial charge in [0, 0.05) is 5.25 Å². The van der Waals surface area contributed by atoms with E-state index in [1.807, 2.05) is 11.8 Å². The molecule has 0 spiro atoms. The first kappa shape index (κ1) is 8.41. The third-order valence-corrected chi connectivity index (χ3v) is 3.67. The fourth-order valence-corrected chi connectivity index (χ4v) is 2.73. The molecule has 2 atom stereocenters. The van der Waals surface area contributed by atoms with Crippen molar-refractivity contribution >= 4 is 11.8 Å². The lowest BCUT2D eigenvalue weighted by atomic mass is 10.0. The van der Waals surface area contributed by atoms with Gasteiger partial charge in [-0.1, -0.05) is 13.8 Å². The molecule has 0 aromatic heterocycles. The normalized spacial score (nSPS) is 34.8. The second-order valence-corrected chi connectivity index (χ2v) is 4.68. The van der Waals surface area contributed by atoms with E-state index in [1.165, 1.54) is 0 Å². The summed E-state index contributed by atoms with van der Waals surface area (Å²) in [4.78, 5) is 0. The van der Waals surface area contributed by atoms with Gasteiger partial charge in [0.05, 0.1) is 6.10 Å². The van der Waals surface area contributed by atoms with Crippen molar-refractivity contribution in [1.82, 2.24) is 0 Å². The summed E-state index contributed by atoms with van der Waals surface area (Å²) in [5, 5.41) is 10.0. The van der Waals surface area contributed by atoms with Crippen LogP contribution in [0.25, 0.3) is 0 Å². The van der Waals surface area contributed by atoms with Gasteiger partial charge in [0.2, 0.25) is 0 Å². The minimum atomic E-state index is -0.0198. The number of thioether (sulfide) groups is 1. The Balaban J connectivity index is 2.32. The Morgan fingerprint density at radius 3 is 2.60 bits per heavy atom. The number of rotatable bonds is 1. The van der Waals surface area contributed by atoms with Gasteiger partial charge in [-0.15, -0.1) is 0 Å². The zero-order valence-corrected chi connectivity index (χ0v) is 7.53. The van der Waals surface area contributed by atoms with Crippen LogP contribution >= 0.6 is 11.8 Å². The summed E-state index contributed by atoms with van der Waals surface area (Å²) >= 11 is 2.02. The van der Waals surface area contributed by atoms with Gasteiger partial charge < -0.3 is 5.11 Å². The Morgan fingerprint density at radius 2 is 2.20 bits per heavy atom. The molecule has 1 fully saturated rings. The van der Waals surface area contributed by atoms with Gasteiger partial charge in [-0.3, -0.25) is 0 Å². The van der Waals surface area contributed by atoms with Gasteiger partial charge in [-0.2, -0.15) is 11.8 Å². The maximum atomic E-state index is 9.32. The topological polar surface area (TPSA) is 20.2 Å². The molecule has 0 amide bonds. The molecule has 0 unspecified atom stereocenters. The lowest BCUT2D eigenvalue weighted by molar-refractivity contribution is 0.151. The Bertz CT molecular complexity index is 103. The highest BCUT2D eigenvalue weighted by molar-refractivity contribution is 7.99. The maximum absolute atomic E-state index is 9.32. The standard InChI is InChI=1S/C8H16OS/c1-6(2)8-5-7(9)3-4-10-8/h6-9H,3-5H2,1-2H3/t7-,8-/m1/s1. The molecule has 2 heteroatoms. The van der Waals surface area contributed by atoms with Crippen LogP contribution in [0.1, 0.15) is 26.7 Å². The molecule has 1 aliphatic heterocycles. The van der Waals surface area contributed by atoms with Gasteiger partial charge in [-0.05, 0) is 24.5 Å². The van der Waals surface area contributed by atoms with Gasteiger partial charge in [0.25, 0.3) is 0 Å². The van der Waals surface area contributed by atoms with Gasteiger partial charge >= 0.3 is 0 Å². The summed E-state index contributed by atoms with van der Waals surface area (Å²) < 4.78 is 0. The van der Waals surface area contributed by atoms with Crippen molar-refractivity contribution in [2.24, 2.45) is 5.92 Å². The summed E-state index contributed by atoms with van der Waals surface area (Å²) in [6.45, 7) is 4.46. The Hall–Kier alpha value is 0.310. The van der Waals surface area contributed by atoms with Gasteiger partial charge in [0.1, 0.15) is 0 Å². The summed E-state index contributed by atoms with van der Waals surface area (Å²) in [6.07, 6.45) is 1.98. The highest BCUT2D eigenvalue weighted by Crippen LogP contribution is 2.30. The molecule has 0 aromatic rings. The van der Waals surface area contributed by atoms with E-state index in [-0.39, 0.29) is 6.10 Å². The lowest BCUT2D eigenvalue weighted by Crippen LogP contribution is -2.25. The van der Waals surface area contributed by atoms with Crippen molar-refractivity contribution in [2.45, 2.75) is 38.0 Å². The van der Waals surface area contributed by atoms with Crippen LogP contribution in [0.4, 0.5) is 0 Å². The fourth-order valence-electron chi connectivity index (χ4n) is 1.27. The molecule has 60 valence electrons. The van der Waals surface area contributed by atoms with Crippen LogP contribution in [-0.4, -0.2) is 22.2 Å².